The minimum absolute atomic E-state index is 0.148. The van der Waals surface area contributed by atoms with Crippen LogP contribution in [0, 0.1) is 26.6 Å². The van der Waals surface area contributed by atoms with E-state index >= 15 is 0 Å². The second-order valence-electron chi connectivity index (χ2n) is 8.57. The van der Waals surface area contributed by atoms with E-state index < -0.39 is 0 Å². The third-order valence-corrected chi connectivity index (χ3v) is 6.84. The molecule has 1 fully saturated rings. The molecule has 4 rings (SSSR count). The van der Waals surface area contributed by atoms with Crippen LogP contribution in [0.1, 0.15) is 34.5 Å². The molecule has 3 aromatic rings. The molecule has 0 spiro atoms. The van der Waals surface area contributed by atoms with E-state index in [0.717, 1.165) is 33.5 Å². The maximum absolute atomic E-state index is 14.1. The average molecular weight is 458 g/mol. The summed E-state index contributed by atoms with van der Waals surface area (Å²) in [6.45, 7) is 9.24. The van der Waals surface area contributed by atoms with Crippen molar-refractivity contribution >= 4 is 28.5 Å². The topological polar surface area (TPSA) is 54.3 Å². The Morgan fingerprint density at radius 2 is 1.81 bits per heavy atom. The molecular weight excluding hydrogens is 429 g/mol. The van der Waals surface area contributed by atoms with E-state index in [2.05, 4.69) is 16.9 Å². The van der Waals surface area contributed by atoms with E-state index in [9.17, 15) is 9.18 Å². The second kappa shape index (κ2) is 9.16. The average Bonchev–Trinajstić information content (AvgIpc) is 3.04. The zero-order valence-corrected chi connectivity index (χ0v) is 19.8. The molecule has 0 bridgehead atoms. The van der Waals surface area contributed by atoms with Gasteiger partial charge in [-0.3, -0.25) is 14.4 Å². The van der Waals surface area contributed by atoms with E-state index in [0.29, 0.717) is 56.2 Å². The molecule has 8 heteroatoms. The highest BCUT2D eigenvalue weighted by Crippen LogP contribution is 2.26. The molecule has 1 aromatic carbocycles. The Morgan fingerprint density at radius 3 is 2.50 bits per heavy atom. The molecule has 1 saturated heterocycles. The zero-order chi connectivity index (χ0) is 23.0. The Bertz CT molecular complexity index is 1150. The van der Waals surface area contributed by atoms with Crippen molar-refractivity contribution in [1.82, 2.24) is 24.6 Å². The summed E-state index contributed by atoms with van der Waals surface area (Å²) in [4.78, 5) is 21.7. The van der Waals surface area contributed by atoms with E-state index in [-0.39, 0.29) is 11.7 Å². The van der Waals surface area contributed by atoms with Crippen molar-refractivity contribution < 1.29 is 9.18 Å². The first kappa shape index (κ1) is 22.7. The van der Waals surface area contributed by atoms with Gasteiger partial charge in [0, 0.05) is 67.9 Å². The highest BCUT2D eigenvalue weighted by atomic mass is 35.5. The van der Waals surface area contributed by atoms with Gasteiger partial charge >= 0.3 is 0 Å². The number of hydrogen-bond acceptors (Lipinski definition) is 4. The maximum atomic E-state index is 14.1. The third kappa shape index (κ3) is 4.36. The molecule has 0 unspecified atom stereocenters. The van der Waals surface area contributed by atoms with Gasteiger partial charge in [0.2, 0.25) is 5.91 Å². The van der Waals surface area contributed by atoms with Crippen molar-refractivity contribution in [2.45, 2.75) is 40.2 Å². The number of amides is 1. The molecule has 0 atom stereocenters. The van der Waals surface area contributed by atoms with Gasteiger partial charge in [-0.25, -0.2) is 9.37 Å². The van der Waals surface area contributed by atoms with Crippen molar-refractivity contribution in [2.24, 2.45) is 7.05 Å². The van der Waals surface area contributed by atoms with Crippen LogP contribution >= 0.6 is 11.6 Å². The number of nitrogens with zero attached hydrogens (tertiary/aromatic N) is 5. The first-order valence-corrected chi connectivity index (χ1v) is 11.4. The van der Waals surface area contributed by atoms with Crippen LogP contribution < -0.4 is 0 Å². The van der Waals surface area contributed by atoms with Gasteiger partial charge in [0.15, 0.2) is 5.65 Å². The number of fused-ring (bicyclic) bond motifs is 1. The number of aromatic nitrogens is 3. The molecule has 1 amide bonds. The lowest BCUT2D eigenvalue weighted by atomic mass is 9.99. The standard InChI is InChI=1S/C24H29ClFN5O/c1-15-18(16(2)27-24-23(15)17(3)28-29(24)4)8-9-22(32)31-12-10-30(11-13-31)14-19-20(25)6-5-7-21(19)26/h5-7H,8-14H2,1-4H3. The fourth-order valence-electron chi connectivity index (χ4n) is 4.68. The molecule has 170 valence electrons. The Balaban J connectivity index is 1.36. The normalized spacial score (nSPS) is 15.0. The molecule has 3 heterocycles. The van der Waals surface area contributed by atoms with Gasteiger partial charge in [-0.15, -0.1) is 0 Å². The predicted octanol–water partition coefficient (Wildman–Crippen LogP) is 3.96. The van der Waals surface area contributed by atoms with Crippen molar-refractivity contribution in [3.05, 3.63) is 57.1 Å². The lowest BCUT2D eigenvalue weighted by Crippen LogP contribution is -2.48. The highest BCUT2D eigenvalue weighted by molar-refractivity contribution is 6.31. The maximum Gasteiger partial charge on any atom is 0.222 e. The Morgan fingerprint density at radius 1 is 1.09 bits per heavy atom. The molecular formula is C24H29ClFN5O. The van der Waals surface area contributed by atoms with Crippen molar-refractivity contribution in [2.75, 3.05) is 26.2 Å². The molecule has 6 nitrogen and oxygen atoms in total. The number of aryl methyl sites for hydroxylation is 4. The number of pyridine rings is 1. The number of carbonyl (C=O) groups excluding carboxylic acids is 1. The largest absolute Gasteiger partial charge is 0.340 e. The predicted molar refractivity (Wildman–Crippen MR) is 124 cm³/mol. The van der Waals surface area contributed by atoms with Crippen LogP contribution in [0.5, 0.6) is 0 Å². The van der Waals surface area contributed by atoms with Crippen molar-refractivity contribution in [3.63, 3.8) is 0 Å². The number of piperazine rings is 1. The summed E-state index contributed by atoms with van der Waals surface area (Å²) in [7, 11) is 1.91. The van der Waals surface area contributed by atoms with Gasteiger partial charge in [0.05, 0.1) is 5.69 Å². The van der Waals surface area contributed by atoms with Gasteiger partial charge in [0.25, 0.3) is 0 Å². The Labute approximate surface area is 193 Å². The van der Waals surface area contributed by atoms with Crippen LogP contribution in [-0.4, -0.2) is 56.7 Å². The molecule has 0 radical (unpaired) electrons. The minimum Gasteiger partial charge on any atom is -0.340 e. The van der Waals surface area contributed by atoms with Crippen LogP contribution in [-0.2, 0) is 24.8 Å². The minimum atomic E-state index is -0.281. The van der Waals surface area contributed by atoms with Gasteiger partial charge in [-0.1, -0.05) is 17.7 Å². The highest BCUT2D eigenvalue weighted by Gasteiger charge is 2.23. The molecule has 1 aliphatic heterocycles. The third-order valence-electron chi connectivity index (χ3n) is 6.49. The summed E-state index contributed by atoms with van der Waals surface area (Å²) in [6, 6.07) is 4.76. The monoisotopic (exact) mass is 457 g/mol. The van der Waals surface area contributed by atoms with E-state index in [1.807, 2.05) is 30.5 Å². The smallest absolute Gasteiger partial charge is 0.222 e. The van der Waals surface area contributed by atoms with Crippen molar-refractivity contribution in [1.29, 1.82) is 0 Å². The summed E-state index contributed by atoms with van der Waals surface area (Å²) in [6.07, 6.45) is 1.12. The van der Waals surface area contributed by atoms with Crippen LogP contribution in [0.4, 0.5) is 4.39 Å². The Hall–Kier alpha value is -2.51. The summed E-state index contributed by atoms with van der Waals surface area (Å²) in [5, 5.41) is 6.02. The lowest BCUT2D eigenvalue weighted by molar-refractivity contribution is -0.133. The number of hydrogen-bond donors (Lipinski definition) is 0. The van der Waals surface area contributed by atoms with E-state index in [1.165, 1.54) is 6.07 Å². The SMILES string of the molecule is Cc1nc2c(c(C)nn2C)c(C)c1CCC(=O)N1CCN(Cc2c(F)cccc2Cl)CC1. The molecule has 2 aromatic heterocycles. The molecule has 0 aliphatic carbocycles. The number of halogens is 2. The van der Waals surface area contributed by atoms with Crippen LogP contribution in [0.2, 0.25) is 5.02 Å². The van der Waals surface area contributed by atoms with Gasteiger partial charge in [-0.05, 0) is 50.5 Å². The fraction of sp³-hybridized carbons (Fsp3) is 0.458. The Kier molecular flexibility index (Phi) is 6.49. The fourth-order valence-corrected chi connectivity index (χ4v) is 4.91. The first-order valence-electron chi connectivity index (χ1n) is 11.0. The quantitative estimate of drug-likeness (QED) is 0.582. The summed E-state index contributed by atoms with van der Waals surface area (Å²) in [5.74, 6) is -0.133. The van der Waals surface area contributed by atoms with Crippen LogP contribution in [0.15, 0.2) is 18.2 Å². The molecule has 32 heavy (non-hydrogen) atoms. The van der Waals surface area contributed by atoms with Crippen LogP contribution in [0.3, 0.4) is 0 Å². The second-order valence-corrected chi connectivity index (χ2v) is 8.97. The summed E-state index contributed by atoms with van der Waals surface area (Å²) >= 11 is 6.16. The van der Waals surface area contributed by atoms with Gasteiger partial charge in [0.1, 0.15) is 5.82 Å². The summed E-state index contributed by atoms with van der Waals surface area (Å²) < 4.78 is 15.9. The zero-order valence-electron chi connectivity index (χ0n) is 19.1. The van der Waals surface area contributed by atoms with Gasteiger partial charge < -0.3 is 4.90 Å². The van der Waals surface area contributed by atoms with Crippen molar-refractivity contribution in [3.8, 4) is 0 Å². The van der Waals surface area contributed by atoms with Gasteiger partial charge in [-0.2, -0.15) is 5.10 Å². The lowest BCUT2D eigenvalue weighted by Gasteiger charge is -2.35. The number of carbonyl (C=O) groups is 1. The van der Waals surface area contributed by atoms with E-state index in [4.69, 9.17) is 16.6 Å². The molecule has 0 N–H and O–H groups in total. The first-order chi connectivity index (χ1) is 15.3. The molecule has 1 aliphatic rings. The summed E-state index contributed by atoms with van der Waals surface area (Å²) in [5.41, 5.74) is 5.63. The van der Waals surface area contributed by atoms with Crippen LogP contribution in [0.25, 0.3) is 11.0 Å². The van der Waals surface area contributed by atoms with E-state index in [1.54, 1.807) is 12.1 Å². The number of benzene rings is 1. The number of rotatable bonds is 5. The molecule has 0 saturated carbocycles.